The third-order valence-corrected chi connectivity index (χ3v) is 5.56. The number of hydrogen-bond donors (Lipinski definition) is 2. The van der Waals surface area contributed by atoms with Crippen LogP contribution in [-0.4, -0.2) is 19.9 Å². The second kappa shape index (κ2) is 7.26. The highest BCUT2D eigenvalue weighted by Crippen LogP contribution is 2.30. The summed E-state index contributed by atoms with van der Waals surface area (Å²) in [4.78, 5) is 16.6. The third-order valence-electron chi connectivity index (χ3n) is 5.56. The van der Waals surface area contributed by atoms with E-state index in [1.54, 1.807) is 0 Å². The third kappa shape index (κ3) is 3.32. The first-order valence-electron chi connectivity index (χ1n) is 10.4. The smallest absolute Gasteiger partial charge is 0.0736 e. The van der Waals surface area contributed by atoms with Crippen LogP contribution in [0.4, 0.5) is 0 Å². The van der Waals surface area contributed by atoms with E-state index in [1.165, 1.54) is 0 Å². The molecule has 2 aliphatic rings. The number of rotatable bonds is 1. The first kappa shape index (κ1) is 18.2. The number of nitrogens with zero attached hydrogens (tertiary/aromatic N) is 2. The Hall–Kier alpha value is -4.62. The van der Waals surface area contributed by atoms with E-state index in [4.69, 9.17) is 16.4 Å². The van der Waals surface area contributed by atoms with Crippen LogP contribution in [0.15, 0.2) is 66.7 Å². The Bertz CT molecular complexity index is 1620. The minimum Gasteiger partial charge on any atom is -0.355 e. The number of H-pyrrole nitrogens is 2. The molecule has 8 bridgehead atoms. The molecule has 4 heteroatoms. The molecule has 0 aliphatic carbocycles. The molecule has 6 rings (SSSR count). The van der Waals surface area contributed by atoms with Crippen LogP contribution in [0.5, 0.6) is 0 Å². The van der Waals surface area contributed by atoms with E-state index in [0.717, 1.165) is 61.5 Å². The van der Waals surface area contributed by atoms with Gasteiger partial charge in [0.05, 0.1) is 22.8 Å². The maximum atomic E-state index is 5.55. The van der Waals surface area contributed by atoms with Gasteiger partial charge in [0.2, 0.25) is 0 Å². The number of terminal acetylenes is 1. The summed E-state index contributed by atoms with van der Waals surface area (Å²) >= 11 is 0. The Labute approximate surface area is 185 Å². The molecule has 4 aromatic rings. The monoisotopic (exact) mass is 410 g/mol. The fourth-order valence-corrected chi connectivity index (χ4v) is 4.05. The van der Waals surface area contributed by atoms with Crippen molar-refractivity contribution in [3.8, 4) is 23.5 Å². The van der Waals surface area contributed by atoms with Gasteiger partial charge < -0.3 is 9.97 Å². The van der Waals surface area contributed by atoms with E-state index in [0.29, 0.717) is 0 Å². The zero-order chi connectivity index (χ0) is 21.5. The summed E-state index contributed by atoms with van der Waals surface area (Å²) in [6, 6.07) is 22.4. The van der Waals surface area contributed by atoms with Crippen LogP contribution in [0.3, 0.4) is 0 Å². The Morgan fingerprint density at radius 2 is 1.22 bits per heavy atom. The molecule has 0 saturated carbocycles. The summed E-state index contributed by atoms with van der Waals surface area (Å²) < 4.78 is 0. The number of aromatic amines is 2. The zero-order valence-corrected chi connectivity index (χ0v) is 17.1. The fourth-order valence-electron chi connectivity index (χ4n) is 4.05. The summed E-state index contributed by atoms with van der Waals surface area (Å²) in [6.45, 7) is 0. The first-order valence-corrected chi connectivity index (χ1v) is 10.4. The summed E-state index contributed by atoms with van der Waals surface area (Å²) in [5.74, 6) is 2.68. The summed E-state index contributed by atoms with van der Waals surface area (Å²) in [6.07, 6.45) is 13.7. The molecule has 0 unspecified atom stereocenters. The molecular weight excluding hydrogens is 392 g/mol. The van der Waals surface area contributed by atoms with Gasteiger partial charge in [0.25, 0.3) is 0 Å². The maximum absolute atomic E-state index is 5.55. The van der Waals surface area contributed by atoms with Crippen LogP contribution in [0.1, 0.15) is 28.3 Å². The van der Waals surface area contributed by atoms with Gasteiger partial charge in [-0.2, -0.15) is 0 Å². The van der Waals surface area contributed by atoms with E-state index in [9.17, 15) is 0 Å². The van der Waals surface area contributed by atoms with Crippen molar-refractivity contribution in [1.82, 2.24) is 19.9 Å². The molecular formula is C28H18N4. The molecule has 0 spiro atoms. The highest BCUT2D eigenvalue weighted by atomic mass is 14.8. The Kier molecular flexibility index (Phi) is 4.12. The van der Waals surface area contributed by atoms with Crippen molar-refractivity contribution < 1.29 is 0 Å². The van der Waals surface area contributed by atoms with Crippen molar-refractivity contribution >= 4 is 46.4 Å². The number of fused-ring (bicyclic) bond motifs is 8. The minimum atomic E-state index is 0.852. The van der Waals surface area contributed by atoms with Crippen LogP contribution in [0, 0.1) is 12.3 Å². The van der Waals surface area contributed by atoms with E-state index >= 15 is 0 Å². The van der Waals surface area contributed by atoms with Gasteiger partial charge in [0.15, 0.2) is 0 Å². The second-order valence-electron chi connectivity index (χ2n) is 7.78. The van der Waals surface area contributed by atoms with Crippen LogP contribution >= 0.6 is 0 Å². The van der Waals surface area contributed by atoms with E-state index < -0.39 is 0 Å². The van der Waals surface area contributed by atoms with Crippen LogP contribution in [0.2, 0.25) is 0 Å². The molecule has 0 saturated heterocycles. The molecule has 1 aromatic carbocycles. The molecule has 3 aromatic heterocycles. The Balaban J connectivity index is 1.69. The predicted octanol–water partition coefficient (Wildman–Crippen LogP) is 6.30. The number of aromatic nitrogens is 4. The van der Waals surface area contributed by atoms with Gasteiger partial charge >= 0.3 is 0 Å². The highest BCUT2D eigenvalue weighted by molar-refractivity contribution is 5.91. The standard InChI is InChI=1S/C28H18N4/c1-2-18-3-5-19(6-4-18)28-26-13-11-24(31-26)16-22-9-7-20(29-22)15-21-8-10-23(30-21)17-25-12-14-27(28)32-25/h1,3-17,29,32H. The van der Waals surface area contributed by atoms with Gasteiger partial charge in [-0.1, -0.05) is 18.1 Å². The molecule has 0 amide bonds. The average molecular weight is 410 g/mol. The lowest BCUT2D eigenvalue weighted by Crippen LogP contribution is -1.86. The lowest BCUT2D eigenvalue weighted by molar-refractivity contribution is 1.31. The van der Waals surface area contributed by atoms with Crippen molar-refractivity contribution in [2.45, 2.75) is 0 Å². The lowest BCUT2D eigenvalue weighted by Gasteiger charge is -2.04. The molecule has 2 aliphatic heterocycles. The van der Waals surface area contributed by atoms with E-state index in [2.05, 4.69) is 34.1 Å². The highest BCUT2D eigenvalue weighted by Gasteiger charge is 2.11. The normalized spacial score (nSPS) is 12.1. The molecule has 0 fully saturated rings. The Morgan fingerprint density at radius 1 is 0.625 bits per heavy atom. The first-order chi connectivity index (χ1) is 15.7. The molecule has 0 radical (unpaired) electrons. The van der Waals surface area contributed by atoms with Crippen molar-refractivity contribution in [2.24, 2.45) is 0 Å². The molecule has 2 N–H and O–H groups in total. The topological polar surface area (TPSA) is 57.4 Å². The van der Waals surface area contributed by atoms with Gasteiger partial charge in [-0.25, -0.2) is 9.97 Å². The fraction of sp³-hybridized carbons (Fsp3) is 0. The molecule has 0 atom stereocenters. The van der Waals surface area contributed by atoms with Crippen molar-refractivity contribution in [1.29, 1.82) is 0 Å². The number of nitrogens with one attached hydrogen (secondary N) is 2. The van der Waals surface area contributed by atoms with Crippen LogP contribution in [-0.2, 0) is 0 Å². The van der Waals surface area contributed by atoms with E-state index in [1.807, 2.05) is 72.8 Å². The van der Waals surface area contributed by atoms with E-state index in [-0.39, 0.29) is 0 Å². The number of benzene rings is 1. The largest absolute Gasteiger partial charge is 0.355 e. The van der Waals surface area contributed by atoms with Crippen molar-refractivity contribution in [2.75, 3.05) is 0 Å². The quantitative estimate of drug-likeness (QED) is 0.312. The predicted molar refractivity (Wildman–Crippen MR) is 132 cm³/mol. The lowest BCUT2D eigenvalue weighted by atomic mass is 10.0. The van der Waals surface area contributed by atoms with Crippen molar-refractivity contribution in [3.05, 3.63) is 95.1 Å². The minimum absolute atomic E-state index is 0.852. The van der Waals surface area contributed by atoms with Gasteiger partial charge in [-0.05, 0) is 84.5 Å². The molecule has 4 nitrogen and oxygen atoms in total. The number of hydrogen-bond acceptors (Lipinski definition) is 2. The molecule has 5 heterocycles. The second-order valence-corrected chi connectivity index (χ2v) is 7.78. The summed E-state index contributed by atoms with van der Waals surface area (Å²) in [7, 11) is 0. The summed E-state index contributed by atoms with van der Waals surface area (Å²) in [5.41, 5.74) is 10.5. The van der Waals surface area contributed by atoms with Gasteiger partial charge in [-0.15, -0.1) is 6.42 Å². The van der Waals surface area contributed by atoms with Crippen LogP contribution in [0.25, 0.3) is 57.5 Å². The van der Waals surface area contributed by atoms with Crippen molar-refractivity contribution in [3.63, 3.8) is 0 Å². The average Bonchev–Trinajstić information content (AvgIpc) is 3.60. The maximum Gasteiger partial charge on any atom is 0.0736 e. The molecule has 150 valence electrons. The SMILES string of the molecule is C#Cc1ccc(-c2c3nc(cc4ccc(cc5nc(cc6ccc2[nH]6)C=C5)[nH]4)C=C3)cc1. The van der Waals surface area contributed by atoms with Gasteiger partial charge in [-0.3, -0.25) is 0 Å². The van der Waals surface area contributed by atoms with Gasteiger partial charge in [0.1, 0.15) is 0 Å². The van der Waals surface area contributed by atoms with Gasteiger partial charge in [0, 0.05) is 33.2 Å². The Morgan fingerprint density at radius 3 is 1.91 bits per heavy atom. The van der Waals surface area contributed by atoms with Crippen LogP contribution < -0.4 is 0 Å². The zero-order valence-electron chi connectivity index (χ0n) is 17.1. The summed E-state index contributed by atoms with van der Waals surface area (Å²) in [5, 5.41) is 0. The molecule has 32 heavy (non-hydrogen) atoms.